The van der Waals surface area contributed by atoms with E-state index in [-0.39, 0.29) is 0 Å². The lowest BCUT2D eigenvalue weighted by molar-refractivity contribution is 0.457. The summed E-state index contributed by atoms with van der Waals surface area (Å²) < 4.78 is 1.19. The number of nitrogens with one attached hydrogen (secondary N) is 1. The Balaban J connectivity index is 1.61. The molecule has 0 amide bonds. The van der Waals surface area contributed by atoms with Gasteiger partial charge in [0.25, 0.3) is 0 Å². The summed E-state index contributed by atoms with van der Waals surface area (Å²) in [7, 11) is 0. The highest BCUT2D eigenvalue weighted by Gasteiger charge is 2.18. The van der Waals surface area contributed by atoms with Gasteiger partial charge in [0, 0.05) is 29.5 Å². The van der Waals surface area contributed by atoms with Crippen LogP contribution < -0.4 is 5.32 Å². The topological polar surface area (TPSA) is 24.9 Å². The molecule has 0 aliphatic heterocycles. The molecule has 1 N–H and O–H groups in total. The summed E-state index contributed by atoms with van der Waals surface area (Å²) in [6, 6.07) is 11.3. The zero-order valence-electron chi connectivity index (χ0n) is 10.8. The standard InChI is InChI=1S/C16H17BrN2/c17-15-5-3-14-9-16(6-4-13(14)8-15)19-11-12-2-1-7-18-10-12/h1-3,5,7-8,10,16,19H,4,6,9,11H2. The molecule has 1 aliphatic carbocycles. The number of rotatable bonds is 3. The number of pyridine rings is 1. The van der Waals surface area contributed by atoms with Crippen LogP contribution in [0.25, 0.3) is 0 Å². The van der Waals surface area contributed by atoms with Crippen molar-refractivity contribution in [2.24, 2.45) is 0 Å². The van der Waals surface area contributed by atoms with E-state index in [0.717, 1.165) is 13.0 Å². The van der Waals surface area contributed by atoms with Crippen LogP contribution in [-0.4, -0.2) is 11.0 Å². The van der Waals surface area contributed by atoms with Crippen molar-refractivity contribution in [2.45, 2.75) is 31.8 Å². The molecule has 3 rings (SSSR count). The second-order valence-corrected chi connectivity index (χ2v) is 6.01. The Morgan fingerprint density at radius 1 is 1.26 bits per heavy atom. The molecule has 2 nitrogen and oxygen atoms in total. The normalized spacial score (nSPS) is 18.1. The molecule has 2 aromatic rings. The Bertz CT molecular complexity index is 554. The number of halogens is 1. The molecule has 1 aromatic carbocycles. The minimum absolute atomic E-state index is 0.578. The van der Waals surface area contributed by atoms with Gasteiger partial charge in [-0.2, -0.15) is 0 Å². The Morgan fingerprint density at radius 3 is 3.05 bits per heavy atom. The molecule has 0 saturated carbocycles. The van der Waals surface area contributed by atoms with Crippen LogP contribution in [0.1, 0.15) is 23.1 Å². The van der Waals surface area contributed by atoms with Crippen LogP contribution in [-0.2, 0) is 19.4 Å². The summed E-state index contributed by atoms with van der Waals surface area (Å²) >= 11 is 3.54. The zero-order valence-corrected chi connectivity index (χ0v) is 12.4. The molecule has 0 spiro atoms. The summed E-state index contributed by atoms with van der Waals surface area (Å²) in [4.78, 5) is 4.15. The fourth-order valence-electron chi connectivity index (χ4n) is 2.66. The number of aromatic nitrogens is 1. The lowest BCUT2D eigenvalue weighted by atomic mass is 9.88. The highest BCUT2D eigenvalue weighted by Crippen LogP contribution is 2.24. The van der Waals surface area contributed by atoms with Gasteiger partial charge in [-0.05, 0) is 54.2 Å². The molecule has 98 valence electrons. The van der Waals surface area contributed by atoms with Crippen LogP contribution in [0.4, 0.5) is 0 Å². The van der Waals surface area contributed by atoms with Crippen LogP contribution in [0.2, 0.25) is 0 Å². The van der Waals surface area contributed by atoms with Gasteiger partial charge in [0.15, 0.2) is 0 Å². The average Bonchev–Trinajstić information content (AvgIpc) is 2.46. The van der Waals surface area contributed by atoms with Crippen molar-refractivity contribution in [1.29, 1.82) is 0 Å². The molecule has 1 aromatic heterocycles. The molecule has 1 aliphatic rings. The molecular formula is C16H17BrN2. The number of hydrogen-bond acceptors (Lipinski definition) is 2. The third kappa shape index (κ3) is 3.23. The van der Waals surface area contributed by atoms with Crippen molar-refractivity contribution in [3.8, 4) is 0 Å². The monoisotopic (exact) mass is 316 g/mol. The largest absolute Gasteiger partial charge is 0.310 e. The maximum Gasteiger partial charge on any atom is 0.0312 e. The molecule has 1 unspecified atom stereocenters. The van der Waals surface area contributed by atoms with E-state index in [4.69, 9.17) is 0 Å². The van der Waals surface area contributed by atoms with Gasteiger partial charge in [-0.3, -0.25) is 4.98 Å². The Morgan fingerprint density at radius 2 is 2.21 bits per heavy atom. The number of hydrogen-bond donors (Lipinski definition) is 1. The summed E-state index contributed by atoms with van der Waals surface area (Å²) in [6.07, 6.45) is 7.26. The Labute approximate surface area is 122 Å². The highest BCUT2D eigenvalue weighted by molar-refractivity contribution is 9.10. The first-order valence-corrected chi connectivity index (χ1v) is 7.50. The van der Waals surface area contributed by atoms with E-state index in [1.165, 1.54) is 34.0 Å². The lowest BCUT2D eigenvalue weighted by Crippen LogP contribution is -2.34. The number of aryl methyl sites for hydroxylation is 1. The predicted molar refractivity (Wildman–Crippen MR) is 81.0 cm³/mol. The molecule has 1 atom stereocenters. The van der Waals surface area contributed by atoms with E-state index in [1.54, 1.807) is 0 Å². The molecule has 3 heteroatoms. The van der Waals surface area contributed by atoms with Crippen LogP contribution in [0, 0.1) is 0 Å². The average molecular weight is 317 g/mol. The first-order valence-electron chi connectivity index (χ1n) is 6.71. The van der Waals surface area contributed by atoms with E-state index < -0.39 is 0 Å². The Kier molecular flexibility index (Phi) is 3.95. The van der Waals surface area contributed by atoms with Crippen molar-refractivity contribution in [3.05, 3.63) is 63.9 Å². The number of benzene rings is 1. The maximum atomic E-state index is 4.15. The second-order valence-electron chi connectivity index (χ2n) is 5.09. The SMILES string of the molecule is Brc1ccc2c(c1)CCC(NCc1cccnc1)C2. The van der Waals surface area contributed by atoms with Gasteiger partial charge < -0.3 is 5.32 Å². The van der Waals surface area contributed by atoms with Crippen molar-refractivity contribution in [3.63, 3.8) is 0 Å². The van der Waals surface area contributed by atoms with Gasteiger partial charge in [-0.1, -0.05) is 28.1 Å². The van der Waals surface area contributed by atoms with Gasteiger partial charge in [-0.25, -0.2) is 0 Å². The summed E-state index contributed by atoms with van der Waals surface area (Å²) in [5.41, 5.74) is 4.23. The summed E-state index contributed by atoms with van der Waals surface area (Å²) in [5, 5.41) is 3.64. The fourth-order valence-corrected chi connectivity index (χ4v) is 3.07. The van der Waals surface area contributed by atoms with Crippen LogP contribution in [0.3, 0.4) is 0 Å². The van der Waals surface area contributed by atoms with Crippen molar-refractivity contribution < 1.29 is 0 Å². The van der Waals surface area contributed by atoms with Crippen molar-refractivity contribution in [1.82, 2.24) is 10.3 Å². The van der Waals surface area contributed by atoms with E-state index in [2.05, 4.69) is 50.5 Å². The number of fused-ring (bicyclic) bond motifs is 1. The minimum Gasteiger partial charge on any atom is -0.310 e. The van der Waals surface area contributed by atoms with Gasteiger partial charge in [0.1, 0.15) is 0 Å². The van der Waals surface area contributed by atoms with Gasteiger partial charge in [0.05, 0.1) is 0 Å². The van der Waals surface area contributed by atoms with Gasteiger partial charge >= 0.3 is 0 Å². The van der Waals surface area contributed by atoms with Gasteiger partial charge in [-0.15, -0.1) is 0 Å². The summed E-state index contributed by atoms with van der Waals surface area (Å²) in [5.74, 6) is 0. The van der Waals surface area contributed by atoms with Crippen molar-refractivity contribution in [2.75, 3.05) is 0 Å². The third-order valence-corrected chi connectivity index (χ3v) is 4.21. The van der Waals surface area contributed by atoms with Gasteiger partial charge in [0.2, 0.25) is 0 Å². The number of nitrogens with zero attached hydrogens (tertiary/aromatic N) is 1. The predicted octanol–water partition coefficient (Wildman–Crippen LogP) is 3.49. The molecule has 19 heavy (non-hydrogen) atoms. The van der Waals surface area contributed by atoms with E-state index in [9.17, 15) is 0 Å². The summed E-state index contributed by atoms with van der Waals surface area (Å²) in [6.45, 7) is 0.907. The Hall–Kier alpha value is -1.19. The fraction of sp³-hybridized carbons (Fsp3) is 0.312. The highest BCUT2D eigenvalue weighted by atomic mass is 79.9. The molecule has 0 bridgehead atoms. The van der Waals surface area contributed by atoms with E-state index >= 15 is 0 Å². The van der Waals surface area contributed by atoms with Crippen LogP contribution >= 0.6 is 15.9 Å². The molecule has 1 heterocycles. The zero-order chi connectivity index (χ0) is 13.1. The van der Waals surface area contributed by atoms with Crippen LogP contribution in [0.5, 0.6) is 0 Å². The van der Waals surface area contributed by atoms with Crippen molar-refractivity contribution >= 4 is 15.9 Å². The molecule has 0 radical (unpaired) electrons. The second kappa shape index (κ2) is 5.85. The van der Waals surface area contributed by atoms with Crippen LogP contribution in [0.15, 0.2) is 47.2 Å². The third-order valence-electron chi connectivity index (χ3n) is 3.71. The molecule has 0 saturated heterocycles. The maximum absolute atomic E-state index is 4.15. The molecule has 0 fully saturated rings. The first-order chi connectivity index (χ1) is 9.31. The first kappa shape index (κ1) is 12.8. The lowest BCUT2D eigenvalue weighted by Gasteiger charge is -2.25. The smallest absolute Gasteiger partial charge is 0.0312 e. The van der Waals surface area contributed by atoms with E-state index in [0.29, 0.717) is 6.04 Å². The molecular weight excluding hydrogens is 300 g/mol. The quantitative estimate of drug-likeness (QED) is 0.937. The van der Waals surface area contributed by atoms with E-state index in [1.807, 2.05) is 18.5 Å². The minimum atomic E-state index is 0.578.